The second-order valence-electron chi connectivity index (χ2n) is 7.54. The first kappa shape index (κ1) is 21.5. The Balaban J connectivity index is 1.41. The number of benzene rings is 1. The van der Waals surface area contributed by atoms with E-state index in [9.17, 15) is 14.4 Å². The Bertz CT molecular complexity index is 1170. The molecule has 0 unspecified atom stereocenters. The smallest absolute Gasteiger partial charge is 0.320 e. The zero-order valence-electron chi connectivity index (χ0n) is 16.6. The molecule has 0 fully saturated rings. The first-order chi connectivity index (χ1) is 14.8. The fourth-order valence-corrected chi connectivity index (χ4v) is 4.99. The molecule has 0 aliphatic carbocycles. The lowest BCUT2D eigenvalue weighted by molar-refractivity contribution is -0.138. The number of rotatable bonds is 7. The standard InChI is InChI=1S/C21H21ClN4O4S/c22-13-2-1-3-15-12(13)9-17(24-15)20(28)26-7-6-16-18(10-26)31-19(25-16)8-11(27)4-5-14(23)21(29)30/h1-3,9,14,24H,4-8,10,23H2,(H,29,30)/t14-/m0/s1. The minimum absolute atomic E-state index is 0.0920. The van der Waals surface area contributed by atoms with Gasteiger partial charge in [0.2, 0.25) is 0 Å². The van der Waals surface area contributed by atoms with Crippen molar-refractivity contribution in [2.45, 2.75) is 38.3 Å². The predicted molar refractivity (Wildman–Crippen MR) is 117 cm³/mol. The molecule has 1 aliphatic rings. The van der Waals surface area contributed by atoms with E-state index in [-0.39, 0.29) is 31.0 Å². The molecular formula is C21H21ClN4O4S. The van der Waals surface area contributed by atoms with Gasteiger partial charge in [-0.25, -0.2) is 4.98 Å². The fourth-order valence-electron chi connectivity index (χ4n) is 3.60. The van der Waals surface area contributed by atoms with Crippen LogP contribution in [0.3, 0.4) is 0 Å². The van der Waals surface area contributed by atoms with Crippen molar-refractivity contribution in [2.75, 3.05) is 6.54 Å². The molecule has 3 heterocycles. The van der Waals surface area contributed by atoms with Crippen molar-refractivity contribution < 1.29 is 19.5 Å². The van der Waals surface area contributed by atoms with Crippen molar-refractivity contribution in [3.05, 3.63) is 50.6 Å². The molecule has 1 aliphatic heterocycles. The molecule has 8 nitrogen and oxygen atoms in total. The zero-order chi connectivity index (χ0) is 22.1. The van der Waals surface area contributed by atoms with Crippen LogP contribution in [0.1, 0.15) is 38.9 Å². The van der Waals surface area contributed by atoms with Crippen LogP contribution >= 0.6 is 22.9 Å². The summed E-state index contributed by atoms with van der Waals surface area (Å²) in [5.41, 5.74) is 7.67. The third kappa shape index (κ3) is 4.63. The number of aromatic nitrogens is 2. The summed E-state index contributed by atoms with van der Waals surface area (Å²) in [5.74, 6) is -1.31. The highest BCUT2D eigenvalue weighted by atomic mass is 35.5. The number of halogens is 1. The Morgan fingerprint density at radius 3 is 2.90 bits per heavy atom. The van der Waals surface area contributed by atoms with Crippen molar-refractivity contribution in [1.82, 2.24) is 14.9 Å². The number of nitrogens with zero attached hydrogens (tertiary/aromatic N) is 2. The molecule has 0 bridgehead atoms. The second kappa shape index (κ2) is 8.78. The highest BCUT2D eigenvalue weighted by Crippen LogP contribution is 2.28. The highest BCUT2D eigenvalue weighted by Gasteiger charge is 2.26. The SMILES string of the molecule is N[C@@H](CCC(=O)Cc1nc2c(s1)CN(C(=O)c1cc3c(Cl)cccc3[nH]1)CC2)C(=O)O. The van der Waals surface area contributed by atoms with Crippen LogP contribution in [0.4, 0.5) is 0 Å². The van der Waals surface area contributed by atoms with Crippen LogP contribution in [0, 0.1) is 0 Å². The molecule has 0 radical (unpaired) electrons. The fraction of sp³-hybridized carbons (Fsp3) is 0.333. The van der Waals surface area contributed by atoms with Gasteiger partial charge in [-0.1, -0.05) is 17.7 Å². The van der Waals surface area contributed by atoms with Gasteiger partial charge in [-0.15, -0.1) is 11.3 Å². The van der Waals surface area contributed by atoms with E-state index >= 15 is 0 Å². The van der Waals surface area contributed by atoms with E-state index in [4.69, 9.17) is 22.4 Å². The Kier molecular flexibility index (Phi) is 6.08. The number of H-pyrrole nitrogens is 1. The van der Waals surface area contributed by atoms with Gasteiger partial charge in [0, 0.05) is 40.2 Å². The van der Waals surface area contributed by atoms with E-state index in [1.807, 2.05) is 12.1 Å². The maximum Gasteiger partial charge on any atom is 0.320 e. The minimum Gasteiger partial charge on any atom is -0.480 e. The molecular weight excluding hydrogens is 440 g/mol. The number of ketones is 1. The lowest BCUT2D eigenvalue weighted by Crippen LogP contribution is -2.35. The normalized spacial score (nSPS) is 14.5. The van der Waals surface area contributed by atoms with Gasteiger partial charge in [-0.3, -0.25) is 14.4 Å². The summed E-state index contributed by atoms with van der Waals surface area (Å²) in [6, 6.07) is 6.23. The summed E-state index contributed by atoms with van der Waals surface area (Å²) in [6.07, 6.45) is 0.983. The number of nitrogens with one attached hydrogen (secondary N) is 1. The van der Waals surface area contributed by atoms with Crippen LogP contribution < -0.4 is 5.73 Å². The second-order valence-corrected chi connectivity index (χ2v) is 9.11. The van der Waals surface area contributed by atoms with E-state index in [0.29, 0.717) is 35.2 Å². The molecule has 1 atom stereocenters. The molecule has 0 saturated carbocycles. The van der Waals surface area contributed by atoms with Crippen molar-refractivity contribution in [3.63, 3.8) is 0 Å². The third-order valence-electron chi connectivity index (χ3n) is 5.30. The Hall–Kier alpha value is -2.75. The maximum atomic E-state index is 13.0. The van der Waals surface area contributed by atoms with Crippen LogP contribution in [-0.4, -0.2) is 50.2 Å². The summed E-state index contributed by atoms with van der Waals surface area (Å²) in [4.78, 5) is 46.4. The van der Waals surface area contributed by atoms with E-state index in [1.54, 1.807) is 17.0 Å². The predicted octanol–water partition coefficient (Wildman–Crippen LogP) is 2.78. The van der Waals surface area contributed by atoms with Crippen LogP contribution in [-0.2, 0) is 29.0 Å². The summed E-state index contributed by atoms with van der Waals surface area (Å²) in [6.45, 7) is 0.979. The molecule has 10 heteroatoms. The number of Topliss-reactive ketones (excluding diaryl/α,β-unsaturated/α-hetero) is 1. The van der Waals surface area contributed by atoms with Gasteiger partial charge in [0.05, 0.1) is 18.7 Å². The van der Waals surface area contributed by atoms with Crippen molar-refractivity contribution in [3.8, 4) is 0 Å². The average molecular weight is 461 g/mol. The Morgan fingerprint density at radius 2 is 2.16 bits per heavy atom. The molecule has 162 valence electrons. The Labute approximate surface area is 187 Å². The number of carboxylic acids is 1. The summed E-state index contributed by atoms with van der Waals surface area (Å²) in [5, 5.41) is 10.9. The van der Waals surface area contributed by atoms with Gasteiger partial charge in [0.1, 0.15) is 22.5 Å². The zero-order valence-corrected chi connectivity index (χ0v) is 18.1. The van der Waals surface area contributed by atoms with E-state index < -0.39 is 12.0 Å². The number of hydrogen-bond acceptors (Lipinski definition) is 6. The van der Waals surface area contributed by atoms with Crippen LogP contribution in [0.15, 0.2) is 24.3 Å². The lowest BCUT2D eigenvalue weighted by atomic mass is 10.1. The molecule has 1 amide bonds. The number of nitrogens with two attached hydrogens (primary N) is 1. The van der Waals surface area contributed by atoms with E-state index in [2.05, 4.69) is 9.97 Å². The minimum atomic E-state index is -1.11. The van der Waals surface area contributed by atoms with Gasteiger partial charge in [-0.05, 0) is 24.6 Å². The van der Waals surface area contributed by atoms with Crippen molar-refractivity contribution >= 4 is 51.5 Å². The first-order valence-corrected chi connectivity index (χ1v) is 11.1. The molecule has 31 heavy (non-hydrogen) atoms. The number of aliphatic carboxylic acids is 1. The number of hydrogen-bond donors (Lipinski definition) is 3. The van der Waals surface area contributed by atoms with Gasteiger partial charge in [0.15, 0.2) is 0 Å². The monoisotopic (exact) mass is 460 g/mol. The third-order valence-corrected chi connectivity index (χ3v) is 6.72. The molecule has 1 aromatic carbocycles. The van der Waals surface area contributed by atoms with Crippen molar-refractivity contribution in [1.29, 1.82) is 0 Å². The molecule has 0 saturated heterocycles. The number of amides is 1. The first-order valence-electron chi connectivity index (χ1n) is 9.86. The number of carbonyl (C=O) groups is 3. The number of carboxylic acid groups (broad SMARTS) is 1. The van der Waals surface area contributed by atoms with Gasteiger partial charge < -0.3 is 20.7 Å². The molecule has 0 spiro atoms. The average Bonchev–Trinajstić information content (AvgIpc) is 3.35. The number of carbonyl (C=O) groups excluding carboxylic acids is 2. The van der Waals surface area contributed by atoms with E-state index in [0.717, 1.165) is 21.5 Å². The molecule has 2 aromatic heterocycles. The number of aromatic amines is 1. The van der Waals surface area contributed by atoms with Gasteiger partial charge in [-0.2, -0.15) is 0 Å². The molecule has 3 aromatic rings. The van der Waals surface area contributed by atoms with Crippen LogP contribution in [0.25, 0.3) is 10.9 Å². The lowest BCUT2D eigenvalue weighted by Gasteiger charge is -2.25. The largest absolute Gasteiger partial charge is 0.480 e. The summed E-state index contributed by atoms with van der Waals surface area (Å²) < 4.78 is 0. The molecule has 4 rings (SSSR count). The topological polar surface area (TPSA) is 129 Å². The maximum absolute atomic E-state index is 13.0. The summed E-state index contributed by atoms with van der Waals surface area (Å²) in [7, 11) is 0. The highest BCUT2D eigenvalue weighted by molar-refractivity contribution is 7.11. The molecule has 4 N–H and O–H groups in total. The van der Waals surface area contributed by atoms with Gasteiger partial charge >= 0.3 is 5.97 Å². The van der Waals surface area contributed by atoms with Crippen LogP contribution in [0.5, 0.6) is 0 Å². The van der Waals surface area contributed by atoms with Crippen molar-refractivity contribution in [2.24, 2.45) is 5.73 Å². The summed E-state index contributed by atoms with van der Waals surface area (Å²) >= 11 is 7.64. The number of fused-ring (bicyclic) bond motifs is 2. The van der Waals surface area contributed by atoms with E-state index in [1.165, 1.54) is 11.3 Å². The van der Waals surface area contributed by atoms with Crippen LogP contribution in [0.2, 0.25) is 5.02 Å². The number of thiazole rings is 1. The quantitative estimate of drug-likeness (QED) is 0.497. The van der Waals surface area contributed by atoms with Gasteiger partial charge in [0.25, 0.3) is 5.91 Å². The Morgan fingerprint density at radius 1 is 1.35 bits per heavy atom.